The van der Waals surface area contributed by atoms with Gasteiger partial charge in [-0.1, -0.05) is 36.4 Å². The van der Waals surface area contributed by atoms with Gasteiger partial charge in [0.15, 0.2) is 0 Å². The molecule has 162 valence electrons. The SMILES string of the molecule is COc1cc2c(cc1CNCCO)Cc1c(-c3ccc(-c4ccc(O)cc4)cc3)n[nH]c1-2. The van der Waals surface area contributed by atoms with Gasteiger partial charge in [0.05, 0.1) is 25.1 Å². The van der Waals surface area contributed by atoms with E-state index in [1.807, 2.05) is 12.1 Å². The number of phenols is 1. The van der Waals surface area contributed by atoms with Gasteiger partial charge in [-0.05, 0) is 41.0 Å². The van der Waals surface area contributed by atoms with Crippen LogP contribution in [0.25, 0.3) is 33.6 Å². The summed E-state index contributed by atoms with van der Waals surface area (Å²) in [6.07, 6.45) is 0.813. The van der Waals surface area contributed by atoms with Crippen molar-refractivity contribution < 1.29 is 14.9 Å². The van der Waals surface area contributed by atoms with Gasteiger partial charge in [-0.2, -0.15) is 5.10 Å². The number of hydrogen-bond acceptors (Lipinski definition) is 5. The Bertz CT molecular complexity index is 1240. The number of ether oxygens (including phenoxy) is 1. The summed E-state index contributed by atoms with van der Waals surface area (Å²) in [5.74, 6) is 1.09. The highest BCUT2D eigenvalue weighted by molar-refractivity contribution is 5.82. The number of phenolic OH excluding ortho intramolecular Hbond substituents is 1. The standard InChI is InChI=1S/C26H25N3O3/c1-32-24-14-22-19(12-20(24)15-27-10-11-30)13-23-25(28-29-26(22)23)18-4-2-16(3-5-18)17-6-8-21(31)9-7-17/h2-9,12,14,27,30-31H,10-11,13,15H2,1H3,(H,28,29). The summed E-state index contributed by atoms with van der Waals surface area (Å²) in [6.45, 7) is 1.31. The first-order chi connectivity index (χ1) is 15.7. The minimum absolute atomic E-state index is 0.110. The van der Waals surface area contributed by atoms with Crippen molar-refractivity contribution >= 4 is 0 Å². The lowest BCUT2D eigenvalue weighted by Gasteiger charge is -2.12. The number of aromatic amines is 1. The highest BCUT2D eigenvalue weighted by Gasteiger charge is 2.26. The minimum atomic E-state index is 0.110. The number of benzene rings is 3. The Morgan fingerprint density at radius 2 is 1.69 bits per heavy atom. The van der Waals surface area contributed by atoms with E-state index in [0.29, 0.717) is 13.1 Å². The Labute approximate surface area is 186 Å². The number of aliphatic hydroxyl groups is 1. The number of rotatable bonds is 7. The highest BCUT2D eigenvalue weighted by Crippen LogP contribution is 2.43. The van der Waals surface area contributed by atoms with E-state index in [-0.39, 0.29) is 12.4 Å². The van der Waals surface area contributed by atoms with Crippen LogP contribution in [-0.4, -0.2) is 40.7 Å². The molecule has 5 rings (SSSR count). The number of aliphatic hydroxyl groups excluding tert-OH is 1. The number of H-pyrrole nitrogens is 1. The Balaban J connectivity index is 1.44. The molecule has 0 amide bonds. The van der Waals surface area contributed by atoms with Crippen LogP contribution in [0.2, 0.25) is 0 Å². The maximum atomic E-state index is 9.51. The van der Waals surface area contributed by atoms with E-state index in [2.05, 4.69) is 51.9 Å². The van der Waals surface area contributed by atoms with Crippen LogP contribution in [0.15, 0.2) is 60.7 Å². The first kappa shape index (κ1) is 20.3. The van der Waals surface area contributed by atoms with Gasteiger partial charge in [0.25, 0.3) is 0 Å². The summed E-state index contributed by atoms with van der Waals surface area (Å²) in [6, 6.07) is 19.8. The smallest absolute Gasteiger partial charge is 0.124 e. The predicted molar refractivity (Wildman–Crippen MR) is 125 cm³/mol. The highest BCUT2D eigenvalue weighted by atomic mass is 16.5. The summed E-state index contributed by atoms with van der Waals surface area (Å²) in [4.78, 5) is 0. The third-order valence-electron chi connectivity index (χ3n) is 5.97. The van der Waals surface area contributed by atoms with Crippen LogP contribution in [-0.2, 0) is 13.0 Å². The molecule has 0 atom stereocenters. The van der Waals surface area contributed by atoms with Crippen molar-refractivity contribution in [2.24, 2.45) is 0 Å². The van der Waals surface area contributed by atoms with Crippen molar-refractivity contribution in [3.63, 3.8) is 0 Å². The van der Waals surface area contributed by atoms with Gasteiger partial charge in [-0.15, -0.1) is 0 Å². The van der Waals surface area contributed by atoms with Crippen molar-refractivity contribution in [1.29, 1.82) is 0 Å². The molecule has 0 radical (unpaired) electrons. The molecule has 1 heterocycles. The largest absolute Gasteiger partial charge is 0.508 e. The molecular weight excluding hydrogens is 402 g/mol. The zero-order valence-corrected chi connectivity index (χ0v) is 17.9. The van der Waals surface area contributed by atoms with Crippen LogP contribution in [0.1, 0.15) is 16.7 Å². The third-order valence-corrected chi connectivity index (χ3v) is 5.97. The lowest BCUT2D eigenvalue weighted by Crippen LogP contribution is -2.18. The van der Waals surface area contributed by atoms with Gasteiger partial charge in [0, 0.05) is 41.8 Å². The fourth-order valence-corrected chi connectivity index (χ4v) is 4.35. The molecule has 0 spiro atoms. The number of nitrogens with zero attached hydrogens (tertiary/aromatic N) is 1. The molecule has 6 nitrogen and oxygen atoms in total. The second-order valence-corrected chi connectivity index (χ2v) is 7.95. The predicted octanol–water partition coefficient (Wildman–Crippen LogP) is 4.11. The van der Waals surface area contributed by atoms with Gasteiger partial charge in [0.2, 0.25) is 0 Å². The Kier molecular flexibility index (Phi) is 5.39. The second-order valence-electron chi connectivity index (χ2n) is 7.95. The first-order valence-electron chi connectivity index (χ1n) is 10.7. The van der Waals surface area contributed by atoms with Crippen molar-refractivity contribution in [3.05, 3.63) is 77.4 Å². The van der Waals surface area contributed by atoms with E-state index < -0.39 is 0 Å². The molecule has 0 unspecified atom stereocenters. The number of nitrogens with one attached hydrogen (secondary N) is 2. The van der Waals surface area contributed by atoms with Crippen LogP contribution in [0.5, 0.6) is 11.5 Å². The topological polar surface area (TPSA) is 90.4 Å². The van der Waals surface area contributed by atoms with Gasteiger partial charge >= 0.3 is 0 Å². The van der Waals surface area contributed by atoms with Crippen LogP contribution in [0.4, 0.5) is 0 Å². The molecule has 4 N–H and O–H groups in total. The molecule has 1 aliphatic carbocycles. The van der Waals surface area contributed by atoms with Gasteiger partial charge < -0.3 is 20.3 Å². The number of aromatic hydroxyl groups is 1. The lowest BCUT2D eigenvalue weighted by atomic mass is 10.0. The molecule has 0 fully saturated rings. The fraction of sp³-hybridized carbons (Fsp3) is 0.192. The van der Waals surface area contributed by atoms with Crippen LogP contribution in [0, 0.1) is 0 Å². The van der Waals surface area contributed by atoms with Gasteiger partial charge in [-0.3, -0.25) is 5.10 Å². The van der Waals surface area contributed by atoms with E-state index in [1.54, 1.807) is 19.2 Å². The van der Waals surface area contributed by atoms with Crippen molar-refractivity contribution in [1.82, 2.24) is 15.5 Å². The maximum Gasteiger partial charge on any atom is 0.124 e. The van der Waals surface area contributed by atoms with E-state index in [1.165, 1.54) is 11.1 Å². The summed E-state index contributed by atoms with van der Waals surface area (Å²) in [5.41, 5.74) is 9.88. The number of hydrogen-bond donors (Lipinski definition) is 4. The third kappa shape index (κ3) is 3.64. The Morgan fingerprint density at radius 1 is 1.00 bits per heavy atom. The molecule has 0 saturated heterocycles. The van der Waals surface area contributed by atoms with Crippen molar-refractivity contribution in [3.8, 4) is 45.1 Å². The summed E-state index contributed by atoms with van der Waals surface area (Å²) >= 11 is 0. The molecule has 32 heavy (non-hydrogen) atoms. The zero-order valence-electron chi connectivity index (χ0n) is 17.9. The van der Waals surface area contributed by atoms with Crippen molar-refractivity contribution in [2.75, 3.05) is 20.3 Å². The molecule has 6 heteroatoms. The Hall–Kier alpha value is -3.61. The molecule has 1 aliphatic rings. The molecular formula is C26H25N3O3. The van der Waals surface area contributed by atoms with E-state index in [0.717, 1.165) is 51.4 Å². The second kappa shape index (κ2) is 8.49. The van der Waals surface area contributed by atoms with Gasteiger partial charge in [0.1, 0.15) is 11.5 Å². The van der Waals surface area contributed by atoms with E-state index in [4.69, 9.17) is 9.84 Å². The fourth-order valence-electron chi connectivity index (χ4n) is 4.35. The average Bonchev–Trinajstić information content (AvgIpc) is 3.38. The number of fused-ring (bicyclic) bond motifs is 3. The molecule has 0 bridgehead atoms. The van der Waals surface area contributed by atoms with E-state index in [9.17, 15) is 5.11 Å². The lowest BCUT2D eigenvalue weighted by molar-refractivity contribution is 0.291. The van der Waals surface area contributed by atoms with E-state index >= 15 is 0 Å². The maximum absolute atomic E-state index is 9.51. The molecule has 0 saturated carbocycles. The summed E-state index contributed by atoms with van der Waals surface area (Å²) in [7, 11) is 1.68. The monoisotopic (exact) mass is 427 g/mol. The van der Waals surface area contributed by atoms with Crippen molar-refractivity contribution in [2.45, 2.75) is 13.0 Å². The quantitative estimate of drug-likeness (QED) is 0.294. The molecule has 3 aromatic carbocycles. The number of aromatic nitrogens is 2. The summed E-state index contributed by atoms with van der Waals surface area (Å²) < 4.78 is 5.62. The number of methoxy groups -OCH3 is 1. The van der Waals surface area contributed by atoms with Crippen LogP contribution in [0.3, 0.4) is 0 Å². The van der Waals surface area contributed by atoms with Crippen LogP contribution >= 0.6 is 0 Å². The van der Waals surface area contributed by atoms with Gasteiger partial charge in [-0.25, -0.2) is 0 Å². The first-order valence-corrected chi connectivity index (χ1v) is 10.7. The Morgan fingerprint density at radius 3 is 2.38 bits per heavy atom. The molecule has 4 aromatic rings. The normalized spacial score (nSPS) is 11.9. The average molecular weight is 428 g/mol. The zero-order chi connectivity index (χ0) is 22.1. The van der Waals surface area contributed by atoms with Crippen LogP contribution < -0.4 is 10.1 Å². The minimum Gasteiger partial charge on any atom is -0.508 e. The summed E-state index contributed by atoms with van der Waals surface area (Å²) in [5, 5.41) is 29.6. The molecule has 0 aliphatic heterocycles. The molecule has 1 aromatic heterocycles.